The molecule has 94 valence electrons. The summed E-state index contributed by atoms with van der Waals surface area (Å²) in [4.78, 5) is 8.11. The second-order valence-corrected chi connectivity index (χ2v) is 4.37. The molecule has 0 aliphatic rings. The van der Waals surface area contributed by atoms with Crippen LogP contribution in [0.25, 0.3) is 0 Å². The van der Waals surface area contributed by atoms with Gasteiger partial charge in [0.2, 0.25) is 0 Å². The number of rotatable bonds is 6. The Balaban J connectivity index is 2.00. The Hall–Kier alpha value is -1.74. The van der Waals surface area contributed by atoms with E-state index >= 15 is 0 Å². The molecule has 2 heterocycles. The Morgan fingerprint density at radius 3 is 1.72 bits per heavy atom. The third-order valence-electron chi connectivity index (χ3n) is 2.96. The molecule has 0 spiro atoms. The maximum atomic E-state index is 4.05. The highest BCUT2D eigenvalue weighted by molar-refractivity contribution is 5.15. The molecule has 0 saturated carbocycles. The van der Waals surface area contributed by atoms with Crippen LogP contribution in [-0.2, 0) is 12.8 Å². The normalized spacial score (nSPS) is 10.8. The monoisotopic (exact) mass is 241 g/mol. The lowest BCUT2D eigenvalue weighted by Crippen LogP contribution is -2.33. The average molecular weight is 241 g/mol. The summed E-state index contributed by atoms with van der Waals surface area (Å²) >= 11 is 0. The van der Waals surface area contributed by atoms with E-state index in [2.05, 4.69) is 46.5 Å². The van der Waals surface area contributed by atoms with Crippen molar-refractivity contribution in [2.75, 3.05) is 6.54 Å². The number of hydrogen-bond donors (Lipinski definition) is 1. The molecule has 0 bridgehead atoms. The molecule has 0 atom stereocenters. The number of aromatic nitrogens is 2. The van der Waals surface area contributed by atoms with Crippen molar-refractivity contribution in [1.29, 1.82) is 0 Å². The molecule has 1 N–H and O–H groups in total. The van der Waals surface area contributed by atoms with E-state index in [1.165, 1.54) is 11.1 Å². The number of nitrogens with zero attached hydrogens (tertiary/aromatic N) is 2. The lowest BCUT2D eigenvalue weighted by atomic mass is 10.0. The molecule has 2 aromatic heterocycles. The maximum Gasteiger partial charge on any atom is 0.0270 e. The fraction of sp³-hybridized carbons (Fsp3) is 0.333. The minimum Gasteiger partial charge on any atom is -0.314 e. The maximum absolute atomic E-state index is 4.05. The van der Waals surface area contributed by atoms with Crippen molar-refractivity contribution in [3.05, 3.63) is 60.2 Å². The van der Waals surface area contributed by atoms with Crippen molar-refractivity contribution < 1.29 is 0 Å². The molecule has 0 saturated heterocycles. The van der Waals surface area contributed by atoms with Crippen LogP contribution < -0.4 is 5.32 Å². The van der Waals surface area contributed by atoms with E-state index < -0.39 is 0 Å². The summed E-state index contributed by atoms with van der Waals surface area (Å²) in [6.07, 6.45) is 9.46. The van der Waals surface area contributed by atoms with Crippen LogP contribution in [0, 0.1) is 0 Å². The van der Waals surface area contributed by atoms with E-state index in [0.717, 1.165) is 19.4 Å². The van der Waals surface area contributed by atoms with Gasteiger partial charge >= 0.3 is 0 Å². The molecular weight excluding hydrogens is 222 g/mol. The zero-order valence-corrected chi connectivity index (χ0v) is 10.7. The zero-order chi connectivity index (χ0) is 12.6. The smallest absolute Gasteiger partial charge is 0.0270 e. The van der Waals surface area contributed by atoms with Gasteiger partial charge in [-0.2, -0.15) is 0 Å². The molecule has 0 aliphatic heterocycles. The van der Waals surface area contributed by atoms with Crippen molar-refractivity contribution in [3.63, 3.8) is 0 Å². The van der Waals surface area contributed by atoms with Gasteiger partial charge in [0.25, 0.3) is 0 Å². The summed E-state index contributed by atoms with van der Waals surface area (Å²) in [7, 11) is 0. The van der Waals surface area contributed by atoms with Gasteiger partial charge in [-0.25, -0.2) is 0 Å². The van der Waals surface area contributed by atoms with E-state index in [0.29, 0.717) is 6.04 Å². The number of hydrogen-bond acceptors (Lipinski definition) is 3. The molecule has 0 radical (unpaired) electrons. The highest BCUT2D eigenvalue weighted by Gasteiger charge is 2.09. The molecule has 18 heavy (non-hydrogen) atoms. The topological polar surface area (TPSA) is 37.8 Å². The number of likely N-dealkylation sites (N-methyl/N-ethyl adjacent to an activating group) is 1. The third-order valence-corrected chi connectivity index (χ3v) is 2.96. The van der Waals surface area contributed by atoms with E-state index in [1.54, 1.807) is 0 Å². The molecule has 0 fully saturated rings. The molecule has 0 aliphatic carbocycles. The van der Waals surface area contributed by atoms with Gasteiger partial charge in [-0.05, 0) is 54.8 Å². The van der Waals surface area contributed by atoms with Crippen LogP contribution in [0.3, 0.4) is 0 Å². The summed E-state index contributed by atoms with van der Waals surface area (Å²) in [5.74, 6) is 0. The van der Waals surface area contributed by atoms with Crippen molar-refractivity contribution in [2.24, 2.45) is 0 Å². The summed E-state index contributed by atoms with van der Waals surface area (Å²) in [6, 6.07) is 8.78. The Morgan fingerprint density at radius 2 is 1.33 bits per heavy atom. The molecular formula is C15H19N3. The highest BCUT2D eigenvalue weighted by atomic mass is 14.9. The van der Waals surface area contributed by atoms with E-state index in [-0.39, 0.29) is 0 Å². The average Bonchev–Trinajstić information content (AvgIpc) is 2.41. The standard InChI is InChI=1S/C15H19N3/c1-2-18-15(11-13-3-7-16-8-4-13)12-14-5-9-17-10-6-14/h3-10,15,18H,2,11-12H2,1H3. The van der Waals surface area contributed by atoms with Crippen LogP contribution in [0.2, 0.25) is 0 Å². The molecule has 2 rings (SSSR count). The molecule has 0 aromatic carbocycles. The molecule has 2 aromatic rings. The Morgan fingerprint density at radius 1 is 0.889 bits per heavy atom. The fourth-order valence-corrected chi connectivity index (χ4v) is 2.11. The number of pyridine rings is 2. The van der Waals surface area contributed by atoms with Crippen LogP contribution in [0.5, 0.6) is 0 Å². The van der Waals surface area contributed by atoms with Gasteiger partial charge in [0.05, 0.1) is 0 Å². The fourth-order valence-electron chi connectivity index (χ4n) is 2.11. The minimum atomic E-state index is 0.458. The van der Waals surface area contributed by atoms with Crippen molar-refractivity contribution >= 4 is 0 Å². The Labute approximate surface area is 108 Å². The first kappa shape index (κ1) is 12.7. The summed E-state index contributed by atoms with van der Waals surface area (Å²) < 4.78 is 0. The second-order valence-electron chi connectivity index (χ2n) is 4.37. The molecule has 3 nitrogen and oxygen atoms in total. The first-order valence-corrected chi connectivity index (χ1v) is 6.39. The first-order valence-electron chi connectivity index (χ1n) is 6.39. The first-order chi connectivity index (χ1) is 8.88. The Bertz CT molecular complexity index is 400. The van der Waals surface area contributed by atoms with E-state index in [4.69, 9.17) is 0 Å². The largest absolute Gasteiger partial charge is 0.314 e. The SMILES string of the molecule is CCNC(Cc1ccncc1)Cc1ccncc1. The molecule has 0 unspecified atom stereocenters. The number of nitrogens with one attached hydrogen (secondary N) is 1. The lowest BCUT2D eigenvalue weighted by Gasteiger charge is -2.18. The van der Waals surface area contributed by atoms with Gasteiger partial charge < -0.3 is 5.32 Å². The lowest BCUT2D eigenvalue weighted by molar-refractivity contribution is 0.521. The minimum absolute atomic E-state index is 0.458. The molecule has 0 amide bonds. The van der Waals surface area contributed by atoms with Crippen molar-refractivity contribution in [3.8, 4) is 0 Å². The van der Waals surface area contributed by atoms with Gasteiger partial charge in [0.1, 0.15) is 0 Å². The summed E-state index contributed by atoms with van der Waals surface area (Å²) in [5.41, 5.74) is 2.65. The summed E-state index contributed by atoms with van der Waals surface area (Å²) in [6.45, 7) is 3.13. The van der Waals surface area contributed by atoms with Crippen LogP contribution in [-0.4, -0.2) is 22.6 Å². The predicted molar refractivity (Wildman–Crippen MR) is 73.3 cm³/mol. The van der Waals surface area contributed by atoms with Gasteiger partial charge in [-0.15, -0.1) is 0 Å². The Kier molecular flexibility index (Phi) is 4.85. The quantitative estimate of drug-likeness (QED) is 0.843. The van der Waals surface area contributed by atoms with Gasteiger partial charge in [0.15, 0.2) is 0 Å². The summed E-state index contributed by atoms with van der Waals surface area (Å²) in [5, 5.41) is 3.54. The van der Waals surface area contributed by atoms with Crippen molar-refractivity contribution in [2.45, 2.75) is 25.8 Å². The third kappa shape index (κ3) is 3.93. The van der Waals surface area contributed by atoms with Crippen LogP contribution in [0.1, 0.15) is 18.1 Å². The van der Waals surface area contributed by atoms with E-state index in [9.17, 15) is 0 Å². The van der Waals surface area contributed by atoms with Crippen molar-refractivity contribution in [1.82, 2.24) is 15.3 Å². The van der Waals surface area contributed by atoms with Gasteiger partial charge in [-0.3, -0.25) is 9.97 Å². The van der Waals surface area contributed by atoms with E-state index in [1.807, 2.05) is 24.8 Å². The van der Waals surface area contributed by atoms with Gasteiger partial charge in [0, 0.05) is 30.8 Å². The van der Waals surface area contributed by atoms with Gasteiger partial charge in [-0.1, -0.05) is 6.92 Å². The molecule has 3 heteroatoms. The zero-order valence-electron chi connectivity index (χ0n) is 10.7. The second kappa shape index (κ2) is 6.87. The highest BCUT2D eigenvalue weighted by Crippen LogP contribution is 2.08. The van der Waals surface area contributed by atoms with Crippen LogP contribution in [0.4, 0.5) is 0 Å². The van der Waals surface area contributed by atoms with Crippen LogP contribution >= 0.6 is 0 Å². The van der Waals surface area contributed by atoms with Crippen LogP contribution in [0.15, 0.2) is 49.1 Å². The predicted octanol–water partition coefficient (Wildman–Crippen LogP) is 2.24.